The van der Waals surface area contributed by atoms with Crippen molar-refractivity contribution in [1.29, 1.82) is 5.26 Å². The first kappa shape index (κ1) is 9.73. The van der Waals surface area contributed by atoms with Gasteiger partial charge in [-0.3, -0.25) is 4.79 Å². The van der Waals surface area contributed by atoms with E-state index in [2.05, 4.69) is 6.07 Å². The quantitative estimate of drug-likeness (QED) is 0.684. The van der Waals surface area contributed by atoms with Gasteiger partial charge in [-0.1, -0.05) is 0 Å². The monoisotopic (exact) mass is 230 g/mol. The molecule has 1 amide bonds. The Bertz CT molecular complexity index is 518. The fourth-order valence-electron chi connectivity index (χ4n) is 2.31. The molecule has 0 saturated heterocycles. The lowest BCUT2D eigenvalue weighted by Crippen LogP contribution is -2.27. The lowest BCUT2D eigenvalue weighted by Gasteiger charge is -2.16. The lowest BCUT2D eigenvalue weighted by atomic mass is 10.1. The minimum Gasteiger partial charge on any atom is -0.311 e. The Balaban J connectivity index is 2.22. The van der Waals surface area contributed by atoms with Crippen molar-refractivity contribution in [2.24, 2.45) is 0 Å². The van der Waals surface area contributed by atoms with E-state index in [4.69, 9.17) is 5.26 Å². The molecule has 80 valence electrons. The first-order chi connectivity index (χ1) is 7.79. The fraction of sp³-hybridized carbons (Fsp3) is 0.333. The highest BCUT2D eigenvalue weighted by Crippen LogP contribution is 2.41. The molecule has 1 aromatic carbocycles. The van der Waals surface area contributed by atoms with Crippen LogP contribution < -0.4 is 4.90 Å². The highest BCUT2D eigenvalue weighted by atomic mass is 32.2. The van der Waals surface area contributed by atoms with Gasteiger partial charge in [0.15, 0.2) is 0 Å². The van der Waals surface area contributed by atoms with Crippen molar-refractivity contribution in [2.45, 2.75) is 17.7 Å². The van der Waals surface area contributed by atoms with E-state index < -0.39 is 0 Å². The third-order valence-corrected chi connectivity index (χ3v) is 4.09. The van der Waals surface area contributed by atoms with E-state index in [1.165, 1.54) is 0 Å². The van der Waals surface area contributed by atoms with Crippen LogP contribution in [-0.4, -0.2) is 18.2 Å². The molecule has 1 aromatic rings. The molecule has 3 rings (SSSR count). The summed E-state index contributed by atoms with van der Waals surface area (Å²) in [5.74, 6) is 1.19. The number of rotatable bonds is 0. The molecule has 4 heteroatoms. The number of nitriles is 1. The van der Waals surface area contributed by atoms with E-state index in [-0.39, 0.29) is 5.91 Å². The Morgan fingerprint density at radius 1 is 1.44 bits per heavy atom. The van der Waals surface area contributed by atoms with Gasteiger partial charge < -0.3 is 4.90 Å². The third kappa shape index (κ3) is 1.32. The number of carbonyl (C=O) groups is 1. The van der Waals surface area contributed by atoms with Gasteiger partial charge in [0.05, 0.1) is 23.7 Å². The Kier molecular flexibility index (Phi) is 2.15. The standard InChI is InChI=1S/C12H10N2OS/c13-7-8-4-9-6-11(15)14-2-1-3-16-10(5-8)12(9)14/h4-5H,1-3,6H2. The van der Waals surface area contributed by atoms with E-state index in [1.54, 1.807) is 11.8 Å². The summed E-state index contributed by atoms with van der Waals surface area (Å²) in [6, 6.07) is 5.92. The zero-order valence-corrected chi connectivity index (χ0v) is 9.51. The second kappa shape index (κ2) is 3.53. The van der Waals surface area contributed by atoms with E-state index in [0.717, 1.165) is 34.9 Å². The van der Waals surface area contributed by atoms with Crippen molar-refractivity contribution in [1.82, 2.24) is 0 Å². The molecular weight excluding hydrogens is 220 g/mol. The second-order valence-electron chi connectivity index (χ2n) is 4.02. The fourth-order valence-corrected chi connectivity index (χ4v) is 3.39. The van der Waals surface area contributed by atoms with Gasteiger partial charge in [-0.2, -0.15) is 5.26 Å². The van der Waals surface area contributed by atoms with E-state index in [9.17, 15) is 4.79 Å². The second-order valence-corrected chi connectivity index (χ2v) is 5.15. The first-order valence-corrected chi connectivity index (χ1v) is 6.28. The van der Waals surface area contributed by atoms with Crippen LogP contribution in [0.3, 0.4) is 0 Å². The van der Waals surface area contributed by atoms with Gasteiger partial charge in [0.2, 0.25) is 5.91 Å². The van der Waals surface area contributed by atoms with Crippen molar-refractivity contribution in [2.75, 3.05) is 17.2 Å². The highest BCUT2D eigenvalue weighted by molar-refractivity contribution is 7.99. The first-order valence-electron chi connectivity index (χ1n) is 5.30. The summed E-state index contributed by atoms with van der Waals surface area (Å²) in [6.45, 7) is 0.817. The van der Waals surface area contributed by atoms with Crippen LogP contribution in [0.15, 0.2) is 17.0 Å². The summed E-state index contributed by atoms with van der Waals surface area (Å²) in [4.78, 5) is 14.8. The zero-order chi connectivity index (χ0) is 11.1. The number of hydrogen-bond donors (Lipinski definition) is 0. The van der Waals surface area contributed by atoms with Crippen LogP contribution >= 0.6 is 11.8 Å². The minimum absolute atomic E-state index is 0.175. The van der Waals surface area contributed by atoms with Crippen LogP contribution in [0, 0.1) is 11.3 Å². The van der Waals surface area contributed by atoms with Crippen LogP contribution in [0.4, 0.5) is 5.69 Å². The normalized spacial score (nSPS) is 17.9. The van der Waals surface area contributed by atoms with E-state index in [0.29, 0.717) is 12.0 Å². The maximum absolute atomic E-state index is 11.8. The van der Waals surface area contributed by atoms with Crippen LogP contribution in [0.2, 0.25) is 0 Å². The highest BCUT2D eigenvalue weighted by Gasteiger charge is 2.31. The largest absolute Gasteiger partial charge is 0.311 e. The predicted octanol–water partition coefficient (Wildman–Crippen LogP) is 1.94. The molecule has 0 bridgehead atoms. The molecular formula is C12H10N2OS. The maximum Gasteiger partial charge on any atom is 0.231 e. The molecule has 2 aliphatic heterocycles. The molecule has 0 N–H and O–H groups in total. The molecule has 0 saturated carbocycles. The van der Waals surface area contributed by atoms with Crippen molar-refractivity contribution >= 4 is 23.4 Å². The molecule has 3 nitrogen and oxygen atoms in total. The molecule has 0 aliphatic carbocycles. The summed E-state index contributed by atoms with van der Waals surface area (Å²) in [7, 11) is 0. The molecule has 2 aliphatic rings. The predicted molar refractivity (Wildman–Crippen MR) is 62.6 cm³/mol. The van der Waals surface area contributed by atoms with Crippen LogP contribution in [-0.2, 0) is 11.2 Å². The maximum atomic E-state index is 11.8. The van der Waals surface area contributed by atoms with Crippen molar-refractivity contribution in [3.05, 3.63) is 23.3 Å². The summed E-state index contributed by atoms with van der Waals surface area (Å²) < 4.78 is 0. The molecule has 0 fully saturated rings. The smallest absolute Gasteiger partial charge is 0.231 e. The summed E-state index contributed by atoms with van der Waals surface area (Å²) >= 11 is 1.75. The number of nitrogens with zero attached hydrogens (tertiary/aromatic N) is 2. The van der Waals surface area contributed by atoms with Gasteiger partial charge in [0.1, 0.15) is 0 Å². The van der Waals surface area contributed by atoms with Crippen LogP contribution in [0.25, 0.3) is 0 Å². The van der Waals surface area contributed by atoms with Gasteiger partial charge >= 0.3 is 0 Å². The number of anilines is 1. The summed E-state index contributed by atoms with van der Waals surface area (Å²) in [5.41, 5.74) is 2.75. The summed E-state index contributed by atoms with van der Waals surface area (Å²) in [5, 5.41) is 8.95. The third-order valence-electron chi connectivity index (χ3n) is 2.98. The Labute approximate surface area is 98.0 Å². The van der Waals surface area contributed by atoms with E-state index in [1.807, 2.05) is 17.0 Å². The molecule has 16 heavy (non-hydrogen) atoms. The zero-order valence-electron chi connectivity index (χ0n) is 8.69. The number of amides is 1. The molecule has 2 heterocycles. The Morgan fingerprint density at radius 2 is 2.31 bits per heavy atom. The van der Waals surface area contributed by atoms with Gasteiger partial charge in [-0.25, -0.2) is 0 Å². The number of thioether (sulfide) groups is 1. The molecule has 0 atom stereocenters. The average molecular weight is 230 g/mol. The SMILES string of the molecule is N#Cc1cc2c3c(c1)SCCCN3C(=O)C2. The average Bonchev–Trinajstić information content (AvgIpc) is 2.49. The van der Waals surface area contributed by atoms with Gasteiger partial charge in [-0.15, -0.1) is 11.8 Å². The van der Waals surface area contributed by atoms with Gasteiger partial charge in [0, 0.05) is 11.4 Å². The minimum atomic E-state index is 0.175. The Hall–Kier alpha value is -1.47. The van der Waals surface area contributed by atoms with Crippen molar-refractivity contribution < 1.29 is 4.79 Å². The Morgan fingerprint density at radius 3 is 3.12 bits per heavy atom. The number of carbonyl (C=O) groups excluding carboxylic acids is 1. The molecule has 0 spiro atoms. The van der Waals surface area contributed by atoms with Crippen molar-refractivity contribution in [3.63, 3.8) is 0 Å². The van der Waals surface area contributed by atoms with Crippen LogP contribution in [0.1, 0.15) is 17.5 Å². The van der Waals surface area contributed by atoms with E-state index >= 15 is 0 Å². The number of benzene rings is 1. The summed E-state index contributed by atoms with van der Waals surface area (Å²) in [6.07, 6.45) is 1.48. The molecule has 0 aromatic heterocycles. The molecule has 0 unspecified atom stereocenters. The topological polar surface area (TPSA) is 44.1 Å². The number of hydrogen-bond acceptors (Lipinski definition) is 3. The van der Waals surface area contributed by atoms with Gasteiger partial charge in [0.25, 0.3) is 0 Å². The van der Waals surface area contributed by atoms with Crippen molar-refractivity contribution in [3.8, 4) is 6.07 Å². The van der Waals surface area contributed by atoms with Crippen LogP contribution in [0.5, 0.6) is 0 Å². The molecule has 0 radical (unpaired) electrons. The van der Waals surface area contributed by atoms with Gasteiger partial charge in [-0.05, 0) is 29.9 Å². The lowest BCUT2D eigenvalue weighted by molar-refractivity contribution is -0.117.